The van der Waals surface area contributed by atoms with Crippen molar-refractivity contribution in [1.29, 1.82) is 0 Å². The second kappa shape index (κ2) is 5.40. The summed E-state index contributed by atoms with van der Waals surface area (Å²) in [5.74, 6) is -2.26. The Labute approximate surface area is 124 Å². The molecule has 0 aliphatic heterocycles. The van der Waals surface area contributed by atoms with Crippen LogP contribution in [0.3, 0.4) is 0 Å². The molecular weight excluding hydrogens is 290 g/mol. The summed E-state index contributed by atoms with van der Waals surface area (Å²) in [6.45, 7) is 0. The second-order valence-corrected chi connectivity index (χ2v) is 4.64. The van der Waals surface area contributed by atoms with Gasteiger partial charge in [-0.1, -0.05) is 6.07 Å². The van der Waals surface area contributed by atoms with E-state index in [2.05, 4.69) is 10.2 Å². The van der Waals surface area contributed by atoms with Gasteiger partial charge < -0.3 is 5.11 Å². The predicted octanol–water partition coefficient (Wildman–Crippen LogP) is 3.72. The lowest BCUT2D eigenvalue weighted by molar-refractivity contribution is 0.0697. The highest BCUT2D eigenvalue weighted by Crippen LogP contribution is 2.28. The molecule has 6 heteroatoms. The number of nitrogens with one attached hydrogen (secondary N) is 1. The number of carboxylic acid groups (broad SMARTS) is 1. The number of benzene rings is 2. The number of aromatic nitrogens is 2. The van der Waals surface area contributed by atoms with E-state index >= 15 is 0 Å². The summed E-state index contributed by atoms with van der Waals surface area (Å²) in [4.78, 5) is 11.2. The fourth-order valence-electron chi connectivity index (χ4n) is 2.19. The molecule has 4 nitrogen and oxygen atoms in total. The molecule has 1 aromatic heterocycles. The van der Waals surface area contributed by atoms with Gasteiger partial charge in [0, 0.05) is 11.1 Å². The number of carboxylic acids is 1. The first-order valence-corrected chi connectivity index (χ1v) is 6.40. The second-order valence-electron chi connectivity index (χ2n) is 4.64. The van der Waals surface area contributed by atoms with Gasteiger partial charge in [0.05, 0.1) is 17.0 Å². The van der Waals surface area contributed by atoms with Crippen LogP contribution in [0.5, 0.6) is 0 Å². The van der Waals surface area contributed by atoms with Gasteiger partial charge in [0.15, 0.2) is 0 Å². The molecule has 0 spiro atoms. The summed E-state index contributed by atoms with van der Waals surface area (Å²) >= 11 is 0. The molecule has 0 bridgehead atoms. The van der Waals surface area contributed by atoms with Crippen LogP contribution >= 0.6 is 0 Å². The van der Waals surface area contributed by atoms with Crippen LogP contribution in [0, 0.1) is 11.6 Å². The largest absolute Gasteiger partial charge is 0.478 e. The van der Waals surface area contributed by atoms with Crippen LogP contribution in [-0.2, 0) is 0 Å². The van der Waals surface area contributed by atoms with Crippen molar-refractivity contribution in [2.24, 2.45) is 0 Å². The van der Waals surface area contributed by atoms with Crippen molar-refractivity contribution < 1.29 is 18.7 Å². The number of H-pyrrole nitrogens is 1. The molecule has 0 atom stereocenters. The molecule has 0 fully saturated rings. The maximum atomic E-state index is 14.0. The molecule has 0 saturated carbocycles. The van der Waals surface area contributed by atoms with Crippen LogP contribution < -0.4 is 0 Å². The highest BCUT2D eigenvalue weighted by Gasteiger charge is 2.18. The lowest BCUT2D eigenvalue weighted by atomic mass is 10.0. The summed E-state index contributed by atoms with van der Waals surface area (Å²) in [6.07, 6.45) is 0. The standard InChI is InChI=1S/C16H10F2N2O2/c17-10-6-4-9(5-7-10)13-8-14(20-19-13)15-11(16(21)22)2-1-3-12(15)18/h1-8H,(H,19,20)(H,21,22). The molecule has 22 heavy (non-hydrogen) atoms. The van der Waals surface area contributed by atoms with Crippen LogP contribution in [-0.4, -0.2) is 21.3 Å². The zero-order valence-corrected chi connectivity index (χ0v) is 11.2. The average Bonchev–Trinajstić information content (AvgIpc) is 2.97. The highest BCUT2D eigenvalue weighted by molar-refractivity contribution is 5.95. The highest BCUT2D eigenvalue weighted by atomic mass is 19.1. The third-order valence-electron chi connectivity index (χ3n) is 3.23. The third-order valence-corrected chi connectivity index (χ3v) is 3.23. The predicted molar refractivity (Wildman–Crippen MR) is 76.3 cm³/mol. The zero-order valence-electron chi connectivity index (χ0n) is 11.2. The van der Waals surface area contributed by atoms with E-state index in [1.54, 1.807) is 0 Å². The number of nitrogens with zero attached hydrogens (tertiary/aromatic N) is 1. The average molecular weight is 300 g/mol. The topological polar surface area (TPSA) is 66.0 Å². The lowest BCUT2D eigenvalue weighted by Gasteiger charge is -2.04. The number of hydrogen-bond acceptors (Lipinski definition) is 2. The summed E-state index contributed by atoms with van der Waals surface area (Å²) < 4.78 is 26.9. The van der Waals surface area contributed by atoms with Crippen LogP contribution in [0.25, 0.3) is 22.5 Å². The van der Waals surface area contributed by atoms with Gasteiger partial charge in [-0.05, 0) is 42.5 Å². The van der Waals surface area contributed by atoms with Gasteiger partial charge in [0.1, 0.15) is 11.6 Å². The zero-order chi connectivity index (χ0) is 15.7. The molecule has 0 amide bonds. The van der Waals surface area contributed by atoms with Crippen molar-refractivity contribution in [3.63, 3.8) is 0 Å². The van der Waals surface area contributed by atoms with Crippen molar-refractivity contribution in [3.05, 3.63) is 65.7 Å². The minimum absolute atomic E-state index is 0.0594. The van der Waals surface area contributed by atoms with E-state index in [9.17, 15) is 13.6 Å². The van der Waals surface area contributed by atoms with Gasteiger partial charge in [-0.25, -0.2) is 13.6 Å². The minimum atomic E-state index is -1.23. The summed E-state index contributed by atoms with van der Waals surface area (Å²) in [7, 11) is 0. The van der Waals surface area contributed by atoms with Crippen molar-refractivity contribution in [1.82, 2.24) is 10.2 Å². The summed E-state index contributed by atoms with van der Waals surface area (Å²) in [5, 5.41) is 15.8. The smallest absolute Gasteiger partial charge is 0.336 e. The van der Waals surface area contributed by atoms with Crippen molar-refractivity contribution in [2.75, 3.05) is 0 Å². The van der Waals surface area contributed by atoms with Gasteiger partial charge in [0.25, 0.3) is 0 Å². The van der Waals surface area contributed by atoms with E-state index in [0.29, 0.717) is 11.3 Å². The molecule has 110 valence electrons. The molecule has 1 heterocycles. The van der Waals surface area contributed by atoms with Gasteiger partial charge in [-0.2, -0.15) is 5.10 Å². The van der Waals surface area contributed by atoms with E-state index in [-0.39, 0.29) is 22.6 Å². The Balaban J connectivity index is 2.08. The maximum absolute atomic E-state index is 14.0. The maximum Gasteiger partial charge on any atom is 0.336 e. The number of carbonyl (C=O) groups is 1. The Bertz CT molecular complexity index is 842. The fraction of sp³-hybridized carbons (Fsp3) is 0. The van der Waals surface area contributed by atoms with Crippen molar-refractivity contribution in [2.45, 2.75) is 0 Å². The van der Waals surface area contributed by atoms with Gasteiger partial charge in [-0.3, -0.25) is 5.10 Å². The monoisotopic (exact) mass is 300 g/mol. The first kappa shape index (κ1) is 13.9. The fourth-order valence-corrected chi connectivity index (χ4v) is 2.19. The molecule has 0 radical (unpaired) electrons. The summed E-state index contributed by atoms with van der Waals surface area (Å²) in [5.41, 5.74) is 1.13. The van der Waals surface area contributed by atoms with Crippen molar-refractivity contribution in [3.8, 4) is 22.5 Å². The Kier molecular flexibility index (Phi) is 3.42. The Morgan fingerprint density at radius 1 is 1.09 bits per heavy atom. The number of aromatic carboxylic acids is 1. The summed E-state index contributed by atoms with van der Waals surface area (Å²) in [6, 6.07) is 11.0. The van der Waals surface area contributed by atoms with E-state index in [4.69, 9.17) is 5.11 Å². The van der Waals surface area contributed by atoms with Crippen LogP contribution in [0.2, 0.25) is 0 Å². The molecule has 0 saturated heterocycles. The van der Waals surface area contributed by atoms with Crippen LogP contribution in [0.1, 0.15) is 10.4 Å². The number of aromatic amines is 1. The molecular formula is C16H10F2N2O2. The van der Waals surface area contributed by atoms with Gasteiger partial charge in [0.2, 0.25) is 0 Å². The molecule has 0 unspecified atom stereocenters. The number of hydrogen-bond donors (Lipinski definition) is 2. The SMILES string of the molecule is O=C(O)c1cccc(F)c1-c1cc(-c2ccc(F)cc2)n[nH]1. The van der Waals surface area contributed by atoms with Crippen molar-refractivity contribution >= 4 is 5.97 Å². The molecule has 0 aliphatic carbocycles. The Morgan fingerprint density at radius 2 is 1.82 bits per heavy atom. The Hall–Kier alpha value is -3.02. The van der Waals surface area contributed by atoms with E-state index in [1.165, 1.54) is 48.5 Å². The molecule has 2 aromatic carbocycles. The minimum Gasteiger partial charge on any atom is -0.478 e. The molecule has 0 aliphatic rings. The van der Waals surface area contributed by atoms with Crippen LogP contribution in [0.15, 0.2) is 48.5 Å². The third kappa shape index (κ3) is 2.46. The van der Waals surface area contributed by atoms with E-state index in [0.717, 1.165) is 0 Å². The number of rotatable bonds is 3. The normalized spacial score (nSPS) is 10.6. The molecule has 3 rings (SSSR count). The Morgan fingerprint density at radius 3 is 2.50 bits per heavy atom. The first-order chi connectivity index (χ1) is 10.6. The van der Waals surface area contributed by atoms with Gasteiger partial charge in [-0.15, -0.1) is 0 Å². The molecule has 2 N–H and O–H groups in total. The number of halogens is 2. The first-order valence-electron chi connectivity index (χ1n) is 6.40. The quantitative estimate of drug-likeness (QED) is 0.774. The lowest BCUT2D eigenvalue weighted by Crippen LogP contribution is -2.01. The van der Waals surface area contributed by atoms with E-state index < -0.39 is 11.8 Å². The van der Waals surface area contributed by atoms with E-state index in [1.807, 2.05) is 0 Å². The van der Waals surface area contributed by atoms with Crippen LogP contribution in [0.4, 0.5) is 8.78 Å². The molecule has 3 aromatic rings. The van der Waals surface area contributed by atoms with Gasteiger partial charge >= 0.3 is 5.97 Å².